The Hall–Kier alpha value is -1.51. The number of phosphoric acid groups is 1. The summed E-state index contributed by atoms with van der Waals surface area (Å²) in [6.07, 6.45) is 13.0. The number of likely N-dealkylation sites (N-methyl/N-ethyl adjacent to an activating group) is 1. The average molecular weight is 550 g/mol. The third-order valence-corrected chi connectivity index (χ3v) is 6.00. The van der Waals surface area contributed by atoms with Gasteiger partial charge < -0.3 is 27.9 Å². The zero-order chi connectivity index (χ0) is 28.7. The van der Waals surface area contributed by atoms with E-state index < -0.39 is 13.8 Å². The van der Waals surface area contributed by atoms with Gasteiger partial charge in [-0.2, -0.15) is 0 Å². The Kier molecular flexibility index (Phi) is 22.9. The normalized spacial score (nSPS) is 12.6. The quantitative estimate of drug-likeness (QED) is 0.0620. The molecule has 0 spiro atoms. The molecule has 0 saturated heterocycles. The van der Waals surface area contributed by atoms with E-state index in [2.05, 4.69) is 33.9 Å². The van der Waals surface area contributed by atoms with Gasteiger partial charge in [-0.15, -0.1) is 0 Å². The Morgan fingerprint density at radius 3 is 1.54 bits per heavy atom. The lowest BCUT2D eigenvalue weighted by Gasteiger charge is -2.27. The molecule has 0 aliphatic heterocycles. The Bertz CT molecular complexity index is 703. The number of unbranched alkanes of at least 4 members (excludes halogenated alkanes) is 9. The number of phosphoric ester groups is 1. The highest BCUT2D eigenvalue weighted by Crippen LogP contribution is 2.37. The van der Waals surface area contributed by atoms with Crippen molar-refractivity contribution in [2.75, 3.05) is 54.1 Å². The second kappa shape index (κ2) is 22.5. The van der Waals surface area contributed by atoms with Crippen LogP contribution >= 0.6 is 7.82 Å². The van der Waals surface area contributed by atoms with Crippen LogP contribution in [0.15, 0.2) is 24.3 Å². The van der Waals surface area contributed by atoms with Crippen LogP contribution in [0.4, 0.5) is 0 Å². The molecule has 0 radical (unpaired) electrons. The fraction of sp³-hybridized carbons (Fsp3) is 0.778. The van der Waals surface area contributed by atoms with E-state index >= 15 is 0 Å². The van der Waals surface area contributed by atoms with Gasteiger partial charge in [0.2, 0.25) is 0 Å². The molecule has 0 aliphatic rings. The summed E-state index contributed by atoms with van der Waals surface area (Å²) in [7, 11) is 1.41. The third kappa shape index (κ3) is 28.9. The molecule has 0 bridgehead atoms. The number of hydrogen-bond donors (Lipinski definition) is 0. The maximum absolute atomic E-state index is 11.3. The van der Waals surface area contributed by atoms with Gasteiger partial charge in [0.15, 0.2) is 0 Å². The minimum Gasteiger partial charge on any atom is -0.756 e. The summed E-state index contributed by atoms with van der Waals surface area (Å²) in [6.45, 7) is 13.0. The van der Waals surface area contributed by atoms with Crippen LogP contribution in [-0.2, 0) is 32.7 Å². The number of carbonyl (C=O) groups is 2. The van der Waals surface area contributed by atoms with Gasteiger partial charge in [-0.1, -0.05) is 77.9 Å². The topological polar surface area (TPSA) is 111 Å². The van der Waals surface area contributed by atoms with E-state index in [-0.39, 0.29) is 31.4 Å². The first kappa shape index (κ1) is 37.6. The first-order valence-electron chi connectivity index (χ1n) is 13.3. The van der Waals surface area contributed by atoms with Crippen molar-refractivity contribution in [3.63, 3.8) is 0 Å². The zero-order valence-corrected chi connectivity index (χ0v) is 25.1. The first-order valence-corrected chi connectivity index (χ1v) is 14.7. The molecular formula is C27H52NO8P. The summed E-state index contributed by atoms with van der Waals surface area (Å²) in [5.41, 5.74) is 0.728. The highest BCUT2D eigenvalue weighted by molar-refractivity contribution is 7.45. The molecule has 0 heterocycles. The first-order chi connectivity index (χ1) is 17.2. The molecule has 0 aromatic rings. The number of nitrogens with zero attached hydrogens (tertiary/aromatic N) is 1. The lowest BCUT2D eigenvalue weighted by Crippen LogP contribution is -2.37. The molecule has 1 atom stereocenters. The number of quaternary nitrogens is 1. The molecule has 0 amide bonds. The number of ether oxygens (including phenoxy) is 2. The Morgan fingerprint density at radius 2 is 1.11 bits per heavy atom. The molecule has 0 aliphatic carbocycles. The fourth-order valence-corrected chi connectivity index (χ4v) is 3.43. The lowest BCUT2D eigenvalue weighted by molar-refractivity contribution is -0.870. The van der Waals surface area contributed by atoms with Gasteiger partial charge in [-0.3, -0.25) is 4.57 Å². The maximum Gasteiger partial charge on any atom is 0.333 e. The molecule has 0 aromatic heterocycles. The van der Waals surface area contributed by atoms with E-state index in [0.29, 0.717) is 23.2 Å². The monoisotopic (exact) mass is 549 g/mol. The summed E-state index contributed by atoms with van der Waals surface area (Å²) < 4.78 is 30.8. The molecule has 218 valence electrons. The standard InChI is InChI=1S/C16H30O2.C11H22NO6P/c1-4-5-6-7-8-9-10-11-12-13-14-18-16(17)15(2)3;1-10(2)11(13)16-8-9-18-19(14,15)17-7-6-12(3,4)5/h2,4-14H2,1,3H3;1,6-9H2,2-5H3. The predicted octanol–water partition coefficient (Wildman–Crippen LogP) is 5.34. The van der Waals surface area contributed by atoms with Crippen molar-refractivity contribution in [2.24, 2.45) is 0 Å². The van der Waals surface area contributed by atoms with Crippen molar-refractivity contribution >= 4 is 19.8 Å². The Morgan fingerprint density at radius 1 is 0.703 bits per heavy atom. The van der Waals surface area contributed by atoms with Crippen LogP contribution in [0.1, 0.15) is 85.0 Å². The van der Waals surface area contributed by atoms with Crippen LogP contribution in [0.3, 0.4) is 0 Å². The van der Waals surface area contributed by atoms with E-state index in [1.54, 1.807) is 6.92 Å². The van der Waals surface area contributed by atoms with Crippen LogP contribution in [0.5, 0.6) is 0 Å². The third-order valence-electron chi connectivity index (χ3n) is 5.01. The Balaban J connectivity index is 0. The minimum atomic E-state index is -4.34. The molecule has 0 saturated carbocycles. The van der Waals surface area contributed by atoms with E-state index in [1.807, 2.05) is 21.1 Å². The largest absolute Gasteiger partial charge is 0.756 e. The van der Waals surface area contributed by atoms with Crippen molar-refractivity contribution in [2.45, 2.75) is 85.0 Å². The van der Waals surface area contributed by atoms with Gasteiger partial charge in [0.05, 0.1) is 34.4 Å². The van der Waals surface area contributed by atoms with E-state index in [0.717, 1.165) is 6.42 Å². The molecule has 0 aromatic carbocycles. The van der Waals surface area contributed by atoms with Gasteiger partial charge in [0.1, 0.15) is 19.8 Å². The molecule has 37 heavy (non-hydrogen) atoms. The van der Waals surface area contributed by atoms with E-state index in [4.69, 9.17) is 4.74 Å². The van der Waals surface area contributed by atoms with Crippen molar-refractivity contribution in [3.05, 3.63) is 24.3 Å². The maximum atomic E-state index is 11.3. The summed E-state index contributed by atoms with van der Waals surface area (Å²) in [6, 6.07) is 0. The number of rotatable bonds is 21. The molecule has 0 fully saturated rings. The number of esters is 2. The summed E-state index contributed by atoms with van der Waals surface area (Å²) in [5, 5.41) is 0. The fourth-order valence-electron chi connectivity index (χ4n) is 2.75. The van der Waals surface area contributed by atoms with Gasteiger partial charge in [-0.05, 0) is 20.3 Å². The number of hydrogen-bond acceptors (Lipinski definition) is 8. The molecule has 10 heteroatoms. The molecule has 1 unspecified atom stereocenters. The van der Waals surface area contributed by atoms with E-state index in [9.17, 15) is 19.0 Å². The van der Waals surface area contributed by atoms with Crippen LogP contribution < -0.4 is 4.89 Å². The summed E-state index contributed by atoms with van der Waals surface area (Å²) in [4.78, 5) is 33.4. The lowest BCUT2D eigenvalue weighted by atomic mass is 10.1. The van der Waals surface area contributed by atoms with Crippen molar-refractivity contribution in [3.8, 4) is 0 Å². The predicted molar refractivity (Wildman–Crippen MR) is 146 cm³/mol. The molecule has 0 rings (SSSR count). The Labute approximate surface area is 225 Å². The van der Waals surface area contributed by atoms with Crippen LogP contribution in [-0.4, -0.2) is 70.5 Å². The molecular weight excluding hydrogens is 497 g/mol. The van der Waals surface area contributed by atoms with Gasteiger partial charge in [0.25, 0.3) is 7.82 Å². The molecule has 9 nitrogen and oxygen atoms in total. The second-order valence-electron chi connectivity index (χ2n) is 10.1. The van der Waals surface area contributed by atoms with Gasteiger partial charge in [0, 0.05) is 11.1 Å². The van der Waals surface area contributed by atoms with Crippen molar-refractivity contribution in [1.29, 1.82) is 0 Å². The second-order valence-corrected chi connectivity index (χ2v) is 11.6. The van der Waals surface area contributed by atoms with Gasteiger partial charge >= 0.3 is 11.9 Å². The van der Waals surface area contributed by atoms with E-state index in [1.165, 1.54) is 64.7 Å². The van der Waals surface area contributed by atoms with Crippen LogP contribution in [0.25, 0.3) is 0 Å². The summed E-state index contributed by atoms with van der Waals surface area (Å²) >= 11 is 0. The average Bonchev–Trinajstić information content (AvgIpc) is 2.79. The van der Waals surface area contributed by atoms with Crippen molar-refractivity contribution in [1.82, 2.24) is 0 Å². The van der Waals surface area contributed by atoms with Crippen LogP contribution in [0.2, 0.25) is 0 Å². The van der Waals surface area contributed by atoms with Crippen LogP contribution in [0, 0.1) is 0 Å². The smallest absolute Gasteiger partial charge is 0.333 e. The highest BCUT2D eigenvalue weighted by atomic mass is 31.2. The minimum absolute atomic E-state index is 0.0375. The zero-order valence-electron chi connectivity index (χ0n) is 24.2. The molecule has 0 N–H and O–H groups in total. The van der Waals surface area contributed by atoms with Crippen molar-refractivity contribution < 1.29 is 42.1 Å². The SMILES string of the molecule is C=C(C)C(=O)OCCCCCCCCCCCC.C=C(C)C(=O)OCCOP(=O)([O-])OCC[N+](C)(C)C. The number of carbonyl (C=O) groups excluding carboxylic acids is 2. The van der Waals surface area contributed by atoms with Gasteiger partial charge in [-0.25, -0.2) is 9.59 Å². The summed E-state index contributed by atoms with van der Waals surface area (Å²) in [5.74, 6) is -0.846. The highest BCUT2D eigenvalue weighted by Gasteiger charge is 2.13.